The van der Waals surface area contributed by atoms with Crippen LogP contribution in [0.15, 0.2) is 24.7 Å². The number of hydrogen-bond donors (Lipinski definition) is 1. The molecule has 1 saturated heterocycles. The number of amides is 1. The van der Waals surface area contributed by atoms with Gasteiger partial charge in [0.25, 0.3) is 5.91 Å². The molecule has 0 aromatic carbocycles. The van der Waals surface area contributed by atoms with E-state index in [1.807, 2.05) is 28.8 Å². The Kier molecular flexibility index (Phi) is 4.17. The van der Waals surface area contributed by atoms with Crippen LogP contribution in [0.3, 0.4) is 0 Å². The van der Waals surface area contributed by atoms with Crippen molar-refractivity contribution in [2.75, 3.05) is 26.2 Å². The summed E-state index contributed by atoms with van der Waals surface area (Å²) in [5.41, 5.74) is 0.936. The lowest BCUT2D eigenvalue weighted by atomic mass is 10.1. The monoisotopic (exact) mass is 312 g/mol. The molecule has 1 atom stereocenters. The van der Waals surface area contributed by atoms with Crippen LogP contribution in [-0.2, 0) is 7.05 Å². The third kappa shape index (κ3) is 2.85. The van der Waals surface area contributed by atoms with E-state index in [1.165, 1.54) is 0 Å². The van der Waals surface area contributed by atoms with E-state index >= 15 is 0 Å². The molecule has 1 amide bonds. The van der Waals surface area contributed by atoms with E-state index < -0.39 is 0 Å². The maximum absolute atomic E-state index is 12.7. The Labute approximate surface area is 135 Å². The number of aromatic nitrogens is 3. The van der Waals surface area contributed by atoms with Gasteiger partial charge >= 0.3 is 0 Å². The second-order valence-electron chi connectivity index (χ2n) is 5.71. The highest BCUT2D eigenvalue weighted by Crippen LogP contribution is 2.24. The number of carbonyl (C=O) groups is 1. The van der Waals surface area contributed by atoms with Crippen molar-refractivity contribution in [3.05, 3.63) is 41.7 Å². The summed E-state index contributed by atoms with van der Waals surface area (Å²) in [4.78, 5) is 24.1. The fourth-order valence-electron chi connectivity index (χ4n) is 3.09. The van der Waals surface area contributed by atoms with Gasteiger partial charge in [0, 0.05) is 45.3 Å². The summed E-state index contributed by atoms with van der Waals surface area (Å²) >= 11 is 0. The van der Waals surface area contributed by atoms with E-state index in [4.69, 9.17) is 5.26 Å². The second-order valence-corrected chi connectivity index (χ2v) is 5.71. The number of aromatic amines is 1. The maximum atomic E-state index is 12.7. The van der Waals surface area contributed by atoms with Gasteiger partial charge in [-0.3, -0.25) is 9.69 Å². The molecule has 1 N–H and O–H groups in total. The summed E-state index contributed by atoms with van der Waals surface area (Å²) in [5, 5.41) is 8.88. The summed E-state index contributed by atoms with van der Waals surface area (Å²) in [6.07, 6.45) is 5.31. The number of hydrogen-bond acceptors (Lipinski definition) is 4. The SMILES string of the molecule is CCN1CCN(C(=O)c2c[nH]c(C#N)c2)CC1c1nccn1C. The van der Waals surface area contributed by atoms with E-state index in [2.05, 4.69) is 21.8 Å². The summed E-state index contributed by atoms with van der Waals surface area (Å²) in [6.45, 7) is 5.14. The summed E-state index contributed by atoms with van der Waals surface area (Å²) < 4.78 is 2.01. The first-order valence-corrected chi connectivity index (χ1v) is 7.73. The fraction of sp³-hybridized carbons (Fsp3) is 0.438. The first kappa shape index (κ1) is 15.3. The minimum Gasteiger partial charge on any atom is -0.352 e. The Bertz CT molecular complexity index is 740. The Balaban J connectivity index is 1.81. The standard InChI is InChI=1S/C16H20N6O/c1-3-21-6-7-22(11-14(21)15-18-4-5-20(15)2)16(23)12-8-13(9-17)19-10-12/h4-5,8,10,14,19H,3,6-7,11H2,1-2H3. The van der Waals surface area contributed by atoms with E-state index in [1.54, 1.807) is 18.5 Å². The van der Waals surface area contributed by atoms with E-state index in [9.17, 15) is 4.79 Å². The zero-order valence-corrected chi connectivity index (χ0v) is 13.4. The molecule has 2 aromatic heterocycles. The summed E-state index contributed by atoms with van der Waals surface area (Å²) in [7, 11) is 1.97. The molecular weight excluding hydrogens is 292 g/mol. The average Bonchev–Trinajstić information content (AvgIpc) is 3.22. The first-order valence-electron chi connectivity index (χ1n) is 7.73. The van der Waals surface area contributed by atoms with Gasteiger partial charge in [-0.15, -0.1) is 0 Å². The number of nitrogens with zero attached hydrogens (tertiary/aromatic N) is 5. The zero-order valence-electron chi connectivity index (χ0n) is 13.4. The molecule has 120 valence electrons. The lowest BCUT2D eigenvalue weighted by molar-refractivity contribution is 0.0473. The van der Waals surface area contributed by atoms with Crippen molar-refractivity contribution in [2.24, 2.45) is 7.05 Å². The summed E-state index contributed by atoms with van der Waals surface area (Å²) in [5.74, 6) is 0.925. The van der Waals surface area contributed by atoms with E-state index in [0.29, 0.717) is 24.3 Å². The largest absolute Gasteiger partial charge is 0.352 e. The van der Waals surface area contributed by atoms with Crippen LogP contribution in [0.4, 0.5) is 0 Å². The predicted molar refractivity (Wildman–Crippen MR) is 84.6 cm³/mol. The minimum absolute atomic E-state index is 0.0438. The van der Waals surface area contributed by atoms with Crippen LogP contribution >= 0.6 is 0 Å². The highest BCUT2D eigenvalue weighted by molar-refractivity contribution is 5.94. The quantitative estimate of drug-likeness (QED) is 0.921. The lowest BCUT2D eigenvalue weighted by Crippen LogP contribution is -2.50. The number of aryl methyl sites for hydroxylation is 1. The van der Waals surface area contributed by atoms with Crippen LogP contribution in [0.2, 0.25) is 0 Å². The number of H-pyrrole nitrogens is 1. The molecule has 7 nitrogen and oxygen atoms in total. The van der Waals surface area contributed by atoms with Crippen molar-refractivity contribution in [1.29, 1.82) is 5.26 Å². The van der Waals surface area contributed by atoms with Crippen LogP contribution in [-0.4, -0.2) is 56.4 Å². The Hall–Kier alpha value is -2.59. The zero-order chi connectivity index (χ0) is 16.4. The molecule has 1 unspecified atom stereocenters. The van der Waals surface area contributed by atoms with Gasteiger partial charge in [0.1, 0.15) is 17.6 Å². The third-order valence-corrected chi connectivity index (χ3v) is 4.39. The maximum Gasteiger partial charge on any atom is 0.255 e. The van der Waals surface area contributed by atoms with Crippen LogP contribution in [0.1, 0.15) is 34.8 Å². The van der Waals surface area contributed by atoms with Gasteiger partial charge in [0.15, 0.2) is 0 Å². The molecule has 2 aromatic rings. The number of imidazole rings is 1. The third-order valence-electron chi connectivity index (χ3n) is 4.39. The topological polar surface area (TPSA) is 81.0 Å². The highest BCUT2D eigenvalue weighted by atomic mass is 16.2. The molecule has 0 radical (unpaired) electrons. The fourth-order valence-corrected chi connectivity index (χ4v) is 3.09. The van der Waals surface area contributed by atoms with Gasteiger partial charge < -0.3 is 14.5 Å². The molecule has 3 rings (SSSR count). The molecule has 1 aliphatic heterocycles. The molecule has 0 saturated carbocycles. The number of carbonyl (C=O) groups excluding carboxylic acids is 1. The molecule has 7 heteroatoms. The Morgan fingerprint density at radius 3 is 2.96 bits per heavy atom. The Morgan fingerprint density at radius 2 is 2.35 bits per heavy atom. The highest BCUT2D eigenvalue weighted by Gasteiger charge is 2.32. The molecule has 0 aliphatic carbocycles. The van der Waals surface area contributed by atoms with Gasteiger partial charge in [0.05, 0.1) is 11.6 Å². The van der Waals surface area contributed by atoms with Gasteiger partial charge in [-0.2, -0.15) is 5.26 Å². The van der Waals surface area contributed by atoms with Crippen molar-refractivity contribution < 1.29 is 4.79 Å². The van der Waals surface area contributed by atoms with Crippen LogP contribution in [0.25, 0.3) is 0 Å². The second kappa shape index (κ2) is 6.26. The normalized spacial score (nSPS) is 18.8. The first-order chi connectivity index (χ1) is 11.1. The van der Waals surface area contributed by atoms with Crippen LogP contribution in [0, 0.1) is 11.3 Å². The van der Waals surface area contributed by atoms with Crippen molar-refractivity contribution in [3.8, 4) is 6.07 Å². The number of nitriles is 1. The van der Waals surface area contributed by atoms with Gasteiger partial charge in [-0.25, -0.2) is 4.98 Å². The van der Waals surface area contributed by atoms with E-state index in [-0.39, 0.29) is 11.9 Å². The molecule has 1 fully saturated rings. The van der Waals surface area contributed by atoms with Crippen molar-refractivity contribution in [3.63, 3.8) is 0 Å². The number of likely N-dealkylation sites (N-methyl/N-ethyl adjacent to an activating group) is 1. The molecule has 0 spiro atoms. The van der Waals surface area contributed by atoms with Crippen LogP contribution < -0.4 is 0 Å². The summed E-state index contributed by atoms with van der Waals surface area (Å²) in [6, 6.07) is 3.70. The molecule has 0 bridgehead atoms. The van der Waals surface area contributed by atoms with Gasteiger partial charge in [-0.1, -0.05) is 6.92 Å². The molecular formula is C16H20N6O. The van der Waals surface area contributed by atoms with Crippen molar-refractivity contribution in [1.82, 2.24) is 24.3 Å². The lowest BCUT2D eigenvalue weighted by Gasteiger charge is -2.40. The number of rotatable bonds is 3. The van der Waals surface area contributed by atoms with Gasteiger partial charge in [-0.05, 0) is 12.6 Å². The average molecular weight is 312 g/mol. The Morgan fingerprint density at radius 1 is 1.52 bits per heavy atom. The number of piperazine rings is 1. The van der Waals surface area contributed by atoms with E-state index in [0.717, 1.165) is 18.9 Å². The smallest absolute Gasteiger partial charge is 0.255 e. The minimum atomic E-state index is -0.0438. The molecule has 1 aliphatic rings. The molecule has 3 heterocycles. The van der Waals surface area contributed by atoms with Crippen molar-refractivity contribution >= 4 is 5.91 Å². The van der Waals surface area contributed by atoms with Gasteiger partial charge in [0.2, 0.25) is 0 Å². The predicted octanol–water partition coefficient (Wildman–Crippen LogP) is 1.14. The number of nitrogens with one attached hydrogen (secondary N) is 1. The van der Waals surface area contributed by atoms with Crippen LogP contribution in [0.5, 0.6) is 0 Å². The molecule has 23 heavy (non-hydrogen) atoms. The van der Waals surface area contributed by atoms with Crippen molar-refractivity contribution in [2.45, 2.75) is 13.0 Å².